The summed E-state index contributed by atoms with van der Waals surface area (Å²) in [5, 5.41) is 12.0. The number of nitrogens with zero attached hydrogens (tertiary/aromatic N) is 3. The highest BCUT2D eigenvalue weighted by Gasteiger charge is 2.35. The molecule has 1 aliphatic rings. The van der Waals surface area contributed by atoms with Crippen molar-refractivity contribution in [2.24, 2.45) is 0 Å². The fourth-order valence-electron chi connectivity index (χ4n) is 1.66. The molecule has 0 bridgehead atoms. The quantitative estimate of drug-likeness (QED) is 0.858. The van der Waals surface area contributed by atoms with Crippen molar-refractivity contribution >= 4 is 16.5 Å². The number of hydrogen-bond acceptors (Lipinski definition) is 6. The predicted octanol–water partition coefficient (Wildman–Crippen LogP) is 0.874. The number of halogens is 3. The Morgan fingerprint density at radius 2 is 2.00 bits per heavy atom. The van der Waals surface area contributed by atoms with Crippen molar-refractivity contribution in [1.29, 1.82) is 0 Å². The molecule has 1 aromatic heterocycles. The Bertz CT molecular complexity index is 375. The lowest BCUT2D eigenvalue weighted by Crippen LogP contribution is -2.45. The molecule has 102 valence electrons. The number of alkyl halides is 3. The molecular weight excluding hydrogens is 267 g/mol. The van der Waals surface area contributed by atoms with Crippen molar-refractivity contribution in [3.05, 3.63) is 5.01 Å². The third-order valence-corrected chi connectivity index (χ3v) is 3.51. The van der Waals surface area contributed by atoms with Crippen LogP contribution in [0.1, 0.15) is 5.01 Å². The fraction of sp³-hybridized carbons (Fsp3) is 0.778. The van der Waals surface area contributed by atoms with E-state index in [1.165, 1.54) is 0 Å². The van der Waals surface area contributed by atoms with E-state index >= 15 is 0 Å². The molecule has 0 aliphatic carbocycles. The molecule has 5 nitrogen and oxygen atoms in total. The lowest BCUT2D eigenvalue weighted by atomic mass is 10.3. The van der Waals surface area contributed by atoms with Gasteiger partial charge in [0.2, 0.25) is 10.1 Å². The van der Waals surface area contributed by atoms with E-state index in [-0.39, 0.29) is 5.13 Å². The maximum atomic E-state index is 12.3. The second kappa shape index (κ2) is 5.81. The van der Waals surface area contributed by atoms with E-state index in [0.29, 0.717) is 17.9 Å². The van der Waals surface area contributed by atoms with Crippen LogP contribution in [0.15, 0.2) is 0 Å². The van der Waals surface area contributed by atoms with Crippen molar-refractivity contribution in [1.82, 2.24) is 20.4 Å². The molecule has 0 saturated carbocycles. The average molecular weight is 281 g/mol. The normalized spacial score (nSPS) is 17.9. The van der Waals surface area contributed by atoms with Gasteiger partial charge in [0.15, 0.2) is 0 Å². The number of piperazine rings is 1. The summed E-state index contributed by atoms with van der Waals surface area (Å²) in [6, 6.07) is 0. The van der Waals surface area contributed by atoms with Gasteiger partial charge in [0.1, 0.15) is 0 Å². The van der Waals surface area contributed by atoms with E-state index in [9.17, 15) is 13.2 Å². The van der Waals surface area contributed by atoms with Crippen molar-refractivity contribution in [2.75, 3.05) is 44.6 Å². The number of hydrogen-bond donors (Lipinski definition) is 2. The van der Waals surface area contributed by atoms with Crippen molar-refractivity contribution in [2.45, 2.75) is 6.18 Å². The van der Waals surface area contributed by atoms with Crippen molar-refractivity contribution < 1.29 is 13.2 Å². The summed E-state index contributed by atoms with van der Waals surface area (Å²) in [6.45, 7) is 5.21. The summed E-state index contributed by atoms with van der Waals surface area (Å²) in [7, 11) is 0. The Hall–Kier alpha value is -0.930. The molecule has 2 heterocycles. The van der Waals surface area contributed by atoms with Crippen LogP contribution in [0.2, 0.25) is 0 Å². The first-order chi connectivity index (χ1) is 8.55. The first-order valence-electron chi connectivity index (χ1n) is 5.63. The summed E-state index contributed by atoms with van der Waals surface area (Å²) in [5.41, 5.74) is 0. The van der Waals surface area contributed by atoms with Gasteiger partial charge in [-0.2, -0.15) is 13.2 Å². The van der Waals surface area contributed by atoms with Crippen LogP contribution in [0.3, 0.4) is 0 Å². The highest BCUT2D eigenvalue weighted by atomic mass is 32.1. The lowest BCUT2D eigenvalue weighted by molar-refractivity contribution is -0.138. The topological polar surface area (TPSA) is 53.1 Å². The zero-order chi connectivity index (χ0) is 13.0. The molecule has 1 aromatic rings. The summed E-state index contributed by atoms with van der Waals surface area (Å²) in [4.78, 5) is 2.25. The summed E-state index contributed by atoms with van der Waals surface area (Å²) in [6.07, 6.45) is -4.41. The number of nitrogens with one attached hydrogen (secondary N) is 2. The first kappa shape index (κ1) is 13.5. The number of rotatable bonds is 4. The van der Waals surface area contributed by atoms with E-state index in [2.05, 4.69) is 25.7 Å². The highest BCUT2D eigenvalue weighted by Crippen LogP contribution is 2.32. The van der Waals surface area contributed by atoms with Crippen molar-refractivity contribution in [3.63, 3.8) is 0 Å². The maximum Gasteiger partial charge on any atom is 0.445 e. The summed E-state index contributed by atoms with van der Waals surface area (Å²) < 4.78 is 36.8. The second-order valence-corrected chi connectivity index (χ2v) is 4.91. The molecule has 2 rings (SSSR count). The van der Waals surface area contributed by atoms with Gasteiger partial charge in [0.05, 0.1) is 0 Å². The SMILES string of the molecule is FC(F)(F)c1nnc(NCCN2CCNCC2)s1. The molecule has 0 spiro atoms. The minimum absolute atomic E-state index is 0.220. The fourth-order valence-corrected chi connectivity index (χ4v) is 2.30. The number of aromatic nitrogens is 2. The largest absolute Gasteiger partial charge is 0.445 e. The van der Waals surface area contributed by atoms with Crippen LogP contribution in [0.25, 0.3) is 0 Å². The maximum absolute atomic E-state index is 12.3. The lowest BCUT2D eigenvalue weighted by Gasteiger charge is -2.26. The van der Waals surface area contributed by atoms with Gasteiger partial charge in [0, 0.05) is 39.3 Å². The molecule has 0 radical (unpaired) electrons. The number of anilines is 1. The van der Waals surface area contributed by atoms with Crippen LogP contribution >= 0.6 is 11.3 Å². The zero-order valence-electron chi connectivity index (χ0n) is 9.63. The smallest absolute Gasteiger partial charge is 0.359 e. The average Bonchev–Trinajstić information content (AvgIpc) is 2.79. The third kappa shape index (κ3) is 3.79. The van der Waals surface area contributed by atoms with Gasteiger partial charge in [-0.1, -0.05) is 11.3 Å². The minimum Gasteiger partial charge on any atom is -0.359 e. The zero-order valence-corrected chi connectivity index (χ0v) is 10.4. The minimum atomic E-state index is -4.41. The Balaban J connectivity index is 1.74. The summed E-state index contributed by atoms with van der Waals surface area (Å²) >= 11 is 0.537. The van der Waals surface area contributed by atoms with E-state index in [0.717, 1.165) is 32.7 Å². The van der Waals surface area contributed by atoms with Crippen LogP contribution in [0.4, 0.5) is 18.3 Å². The van der Waals surface area contributed by atoms with Crippen molar-refractivity contribution in [3.8, 4) is 0 Å². The van der Waals surface area contributed by atoms with Crippen LogP contribution in [0, 0.1) is 0 Å². The summed E-state index contributed by atoms with van der Waals surface area (Å²) in [5.74, 6) is 0. The Morgan fingerprint density at radius 1 is 1.28 bits per heavy atom. The molecule has 0 amide bonds. The molecule has 9 heteroatoms. The second-order valence-electron chi connectivity index (χ2n) is 3.93. The molecule has 0 aromatic carbocycles. The van der Waals surface area contributed by atoms with Crippen LogP contribution < -0.4 is 10.6 Å². The van der Waals surface area contributed by atoms with Gasteiger partial charge >= 0.3 is 6.18 Å². The first-order valence-corrected chi connectivity index (χ1v) is 6.45. The van der Waals surface area contributed by atoms with Gasteiger partial charge in [-0.25, -0.2) is 0 Å². The standard InChI is InChI=1S/C9H14F3N5S/c10-9(11,12)7-15-16-8(18-7)14-3-6-17-4-1-13-2-5-17/h13H,1-6H2,(H,14,16). The monoisotopic (exact) mass is 281 g/mol. The molecule has 18 heavy (non-hydrogen) atoms. The van der Waals surface area contributed by atoms with Crippen LogP contribution in [0.5, 0.6) is 0 Å². The molecule has 1 aliphatic heterocycles. The van der Waals surface area contributed by atoms with E-state index < -0.39 is 11.2 Å². The molecular formula is C9H14F3N5S. The third-order valence-electron chi connectivity index (χ3n) is 2.58. The van der Waals surface area contributed by atoms with Gasteiger partial charge in [-0.15, -0.1) is 10.2 Å². The van der Waals surface area contributed by atoms with E-state index in [4.69, 9.17) is 0 Å². The van der Waals surface area contributed by atoms with Gasteiger partial charge in [-0.3, -0.25) is 4.90 Å². The Kier molecular flexibility index (Phi) is 4.36. The Labute approximate surface area is 106 Å². The van der Waals surface area contributed by atoms with E-state index in [1.807, 2.05) is 0 Å². The molecule has 1 saturated heterocycles. The van der Waals surface area contributed by atoms with Gasteiger partial charge < -0.3 is 10.6 Å². The molecule has 2 N–H and O–H groups in total. The van der Waals surface area contributed by atoms with Gasteiger partial charge in [0.25, 0.3) is 0 Å². The van der Waals surface area contributed by atoms with Crippen LogP contribution in [-0.4, -0.2) is 54.4 Å². The molecule has 0 atom stereocenters. The molecule has 1 fully saturated rings. The van der Waals surface area contributed by atoms with Gasteiger partial charge in [-0.05, 0) is 0 Å². The molecule has 0 unspecified atom stereocenters. The highest BCUT2D eigenvalue weighted by molar-refractivity contribution is 7.15. The van der Waals surface area contributed by atoms with E-state index in [1.54, 1.807) is 0 Å². The Morgan fingerprint density at radius 3 is 2.61 bits per heavy atom. The predicted molar refractivity (Wildman–Crippen MR) is 62.7 cm³/mol. The van der Waals surface area contributed by atoms with Crippen LogP contribution in [-0.2, 0) is 6.18 Å².